The molecule has 1 atom stereocenters. The zero-order chi connectivity index (χ0) is 10.1. The standard InChI is InChI=1S/C10H11ClN2O/c11-8-3-6(1-2-9(8)12)7-4-10(14)13-5-7/h1-3,7H,4-5,12H2,(H,13,14)/t7-/m1/s1. The van der Waals surface area contributed by atoms with Crippen LogP contribution in [0.4, 0.5) is 5.69 Å². The molecule has 0 unspecified atom stereocenters. The summed E-state index contributed by atoms with van der Waals surface area (Å²) in [6.07, 6.45) is 0.542. The van der Waals surface area contributed by atoms with E-state index in [9.17, 15) is 4.79 Å². The predicted molar refractivity (Wildman–Crippen MR) is 56.2 cm³/mol. The topological polar surface area (TPSA) is 55.1 Å². The van der Waals surface area contributed by atoms with Gasteiger partial charge in [0, 0.05) is 18.9 Å². The van der Waals surface area contributed by atoms with Crippen molar-refractivity contribution in [3.8, 4) is 0 Å². The summed E-state index contributed by atoms with van der Waals surface area (Å²) < 4.78 is 0. The Morgan fingerprint density at radius 1 is 1.50 bits per heavy atom. The van der Waals surface area contributed by atoms with Crippen molar-refractivity contribution in [3.63, 3.8) is 0 Å². The Morgan fingerprint density at radius 2 is 2.29 bits per heavy atom. The van der Waals surface area contributed by atoms with Gasteiger partial charge in [-0.15, -0.1) is 0 Å². The molecule has 0 radical (unpaired) electrons. The smallest absolute Gasteiger partial charge is 0.220 e. The third kappa shape index (κ3) is 1.68. The van der Waals surface area contributed by atoms with Crippen molar-refractivity contribution in [3.05, 3.63) is 28.8 Å². The molecule has 0 aliphatic carbocycles. The van der Waals surface area contributed by atoms with Crippen molar-refractivity contribution >= 4 is 23.2 Å². The van der Waals surface area contributed by atoms with Crippen molar-refractivity contribution in [1.82, 2.24) is 5.32 Å². The number of amides is 1. The van der Waals surface area contributed by atoms with Crippen LogP contribution in [0.5, 0.6) is 0 Å². The molecule has 4 heteroatoms. The molecule has 3 nitrogen and oxygen atoms in total. The molecular weight excluding hydrogens is 200 g/mol. The van der Waals surface area contributed by atoms with Gasteiger partial charge in [0.25, 0.3) is 0 Å². The third-order valence-electron chi connectivity index (χ3n) is 2.47. The highest BCUT2D eigenvalue weighted by Crippen LogP contribution is 2.28. The molecular formula is C10H11ClN2O. The van der Waals surface area contributed by atoms with Crippen molar-refractivity contribution in [2.45, 2.75) is 12.3 Å². The van der Waals surface area contributed by atoms with Gasteiger partial charge in [-0.25, -0.2) is 0 Å². The fourth-order valence-electron chi connectivity index (χ4n) is 1.64. The van der Waals surface area contributed by atoms with Crippen molar-refractivity contribution in [2.24, 2.45) is 0 Å². The lowest BCUT2D eigenvalue weighted by Crippen LogP contribution is -2.13. The van der Waals surface area contributed by atoms with Gasteiger partial charge in [-0.2, -0.15) is 0 Å². The first-order valence-electron chi connectivity index (χ1n) is 4.48. The maximum absolute atomic E-state index is 11.0. The number of anilines is 1. The lowest BCUT2D eigenvalue weighted by Gasteiger charge is -2.08. The second kappa shape index (κ2) is 3.50. The fourth-order valence-corrected chi connectivity index (χ4v) is 1.83. The average Bonchev–Trinajstić information content (AvgIpc) is 2.57. The van der Waals surface area contributed by atoms with Crippen LogP contribution in [0.3, 0.4) is 0 Å². The highest BCUT2D eigenvalue weighted by molar-refractivity contribution is 6.33. The van der Waals surface area contributed by atoms with Crippen molar-refractivity contribution in [2.75, 3.05) is 12.3 Å². The van der Waals surface area contributed by atoms with Gasteiger partial charge in [0.1, 0.15) is 0 Å². The molecule has 1 aliphatic heterocycles. The number of rotatable bonds is 1. The molecule has 1 heterocycles. The number of nitrogen functional groups attached to an aromatic ring is 1. The molecule has 1 aromatic rings. The molecule has 1 fully saturated rings. The van der Waals surface area contributed by atoms with E-state index in [1.165, 1.54) is 0 Å². The largest absolute Gasteiger partial charge is 0.398 e. The first-order chi connectivity index (χ1) is 6.66. The highest BCUT2D eigenvalue weighted by atomic mass is 35.5. The fraction of sp³-hybridized carbons (Fsp3) is 0.300. The number of carbonyl (C=O) groups excluding carboxylic acids is 1. The second-order valence-corrected chi connectivity index (χ2v) is 3.89. The minimum absolute atomic E-state index is 0.1000. The number of hydrogen-bond donors (Lipinski definition) is 2. The molecule has 3 N–H and O–H groups in total. The Morgan fingerprint density at radius 3 is 2.86 bits per heavy atom. The monoisotopic (exact) mass is 210 g/mol. The minimum Gasteiger partial charge on any atom is -0.398 e. The summed E-state index contributed by atoms with van der Waals surface area (Å²) in [5, 5.41) is 3.35. The summed E-state index contributed by atoms with van der Waals surface area (Å²) in [6.45, 7) is 0.694. The van der Waals surface area contributed by atoms with Crippen LogP contribution in [-0.2, 0) is 4.79 Å². The van der Waals surface area contributed by atoms with Gasteiger partial charge in [0.2, 0.25) is 5.91 Å². The number of carbonyl (C=O) groups is 1. The number of hydrogen-bond acceptors (Lipinski definition) is 2. The SMILES string of the molecule is Nc1ccc([C@H]2CNC(=O)C2)cc1Cl. The van der Waals surface area contributed by atoms with Crippen LogP contribution in [-0.4, -0.2) is 12.5 Å². The molecule has 74 valence electrons. The summed E-state index contributed by atoms with van der Waals surface area (Å²) in [5.41, 5.74) is 7.25. The molecule has 14 heavy (non-hydrogen) atoms. The lowest BCUT2D eigenvalue weighted by molar-refractivity contribution is -0.119. The van der Waals surface area contributed by atoms with Gasteiger partial charge < -0.3 is 11.1 Å². The summed E-state index contributed by atoms with van der Waals surface area (Å²) in [5.74, 6) is 0.337. The maximum Gasteiger partial charge on any atom is 0.220 e. The molecule has 0 spiro atoms. The van der Waals surface area contributed by atoms with Crippen LogP contribution >= 0.6 is 11.6 Å². The van der Waals surface area contributed by atoms with E-state index in [1.807, 2.05) is 12.1 Å². The van der Waals surface area contributed by atoms with E-state index in [4.69, 9.17) is 17.3 Å². The molecule has 2 rings (SSSR count). The third-order valence-corrected chi connectivity index (χ3v) is 2.80. The Kier molecular flexibility index (Phi) is 2.33. The predicted octanol–water partition coefficient (Wildman–Crippen LogP) is 1.53. The van der Waals surface area contributed by atoms with Gasteiger partial charge in [0.05, 0.1) is 10.7 Å². The van der Waals surface area contributed by atoms with E-state index >= 15 is 0 Å². The summed E-state index contributed by atoms with van der Waals surface area (Å²) in [4.78, 5) is 11.0. The van der Waals surface area contributed by atoms with Gasteiger partial charge in [0.15, 0.2) is 0 Å². The molecule has 0 aromatic heterocycles. The van der Waals surface area contributed by atoms with Crippen LogP contribution < -0.4 is 11.1 Å². The van der Waals surface area contributed by atoms with Crippen LogP contribution in [0.2, 0.25) is 5.02 Å². The summed E-state index contributed by atoms with van der Waals surface area (Å²) in [6, 6.07) is 5.54. The first kappa shape index (κ1) is 9.34. The molecule has 1 aromatic carbocycles. The summed E-state index contributed by atoms with van der Waals surface area (Å²) in [7, 11) is 0. The zero-order valence-electron chi connectivity index (χ0n) is 7.59. The van der Waals surface area contributed by atoms with E-state index in [0.29, 0.717) is 23.7 Å². The molecule has 0 bridgehead atoms. The van der Waals surface area contributed by atoms with Gasteiger partial charge in [-0.05, 0) is 17.7 Å². The zero-order valence-corrected chi connectivity index (χ0v) is 8.34. The molecule has 1 saturated heterocycles. The van der Waals surface area contributed by atoms with Crippen LogP contribution in [0.15, 0.2) is 18.2 Å². The Labute approximate surface area is 87.2 Å². The van der Waals surface area contributed by atoms with E-state index in [1.54, 1.807) is 6.07 Å². The van der Waals surface area contributed by atoms with Gasteiger partial charge >= 0.3 is 0 Å². The second-order valence-electron chi connectivity index (χ2n) is 3.49. The number of halogens is 1. The highest BCUT2D eigenvalue weighted by Gasteiger charge is 2.23. The van der Waals surface area contributed by atoms with Gasteiger partial charge in [-0.1, -0.05) is 17.7 Å². The molecule has 1 aliphatic rings. The van der Waals surface area contributed by atoms with Crippen LogP contribution in [0, 0.1) is 0 Å². The summed E-state index contributed by atoms with van der Waals surface area (Å²) >= 11 is 5.90. The van der Waals surface area contributed by atoms with E-state index in [2.05, 4.69) is 5.32 Å². The molecule has 0 saturated carbocycles. The maximum atomic E-state index is 11.0. The van der Waals surface area contributed by atoms with E-state index in [0.717, 1.165) is 5.56 Å². The van der Waals surface area contributed by atoms with Crippen LogP contribution in [0.1, 0.15) is 17.9 Å². The van der Waals surface area contributed by atoms with E-state index in [-0.39, 0.29) is 11.8 Å². The quantitative estimate of drug-likeness (QED) is 0.691. The number of benzene rings is 1. The van der Waals surface area contributed by atoms with Crippen LogP contribution in [0.25, 0.3) is 0 Å². The Hall–Kier alpha value is -1.22. The minimum atomic E-state index is 0.1000. The van der Waals surface area contributed by atoms with E-state index < -0.39 is 0 Å². The van der Waals surface area contributed by atoms with Crippen molar-refractivity contribution < 1.29 is 4.79 Å². The van der Waals surface area contributed by atoms with Gasteiger partial charge in [-0.3, -0.25) is 4.79 Å². The number of nitrogens with one attached hydrogen (secondary N) is 1. The Balaban J connectivity index is 2.24. The Bertz CT molecular complexity index is 378. The lowest BCUT2D eigenvalue weighted by atomic mass is 9.98. The first-order valence-corrected chi connectivity index (χ1v) is 4.86. The number of nitrogens with two attached hydrogens (primary N) is 1. The molecule has 1 amide bonds. The van der Waals surface area contributed by atoms with Crippen molar-refractivity contribution in [1.29, 1.82) is 0 Å². The average molecular weight is 211 g/mol. The normalized spacial score (nSPS) is 20.9.